The quantitative estimate of drug-likeness (QED) is 0.306. The summed E-state index contributed by atoms with van der Waals surface area (Å²) in [5.41, 5.74) is 7.64. The molecule has 0 fully saturated rings. The third kappa shape index (κ3) is 5.16. The molecule has 0 atom stereocenters. The lowest BCUT2D eigenvalue weighted by atomic mass is 9.98. The lowest BCUT2D eigenvalue weighted by molar-refractivity contribution is 1.10. The van der Waals surface area contributed by atoms with Crippen molar-refractivity contribution in [3.05, 3.63) is 92.6 Å². The van der Waals surface area contributed by atoms with Crippen molar-refractivity contribution in [3.8, 4) is 0 Å². The topological polar surface area (TPSA) is 6.48 Å². The Morgan fingerprint density at radius 2 is 1.32 bits per heavy atom. The number of hydrogen-bond acceptors (Lipinski definition) is 2. The zero-order chi connectivity index (χ0) is 20.1. The van der Waals surface area contributed by atoms with E-state index in [1.807, 2.05) is 0 Å². The maximum atomic E-state index is 2.45. The molecule has 3 aromatic rings. The van der Waals surface area contributed by atoms with E-state index in [1.54, 1.807) is 0 Å². The van der Waals surface area contributed by atoms with E-state index in [2.05, 4.69) is 139 Å². The molecular formula is C25H27IN2. The highest BCUT2D eigenvalue weighted by atomic mass is 127. The van der Waals surface area contributed by atoms with Crippen LogP contribution >= 0.6 is 22.6 Å². The number of hydrogen-bond donors (Lipinski definition) is 0. The maximum Gasteiger partial charge on any atom is 0.0371 e. The van der Waals surface area contributed by atoms with Crippen molar-refractivity contribution in [2.24, 2.45) is 0 Å². The molecule has 0 bridgehead atoms. The predicted octanol–water partition coefficient (Wildman–Crippen LogP) is 6.18. The van der Waals surface area contributed by atoms with Crippen LogP contribution in [0.4, 0.5) is 11.4 Å². The van der Waals surface area contributed by atoms with Crippen molar-refractivity contribution >= 4 is 46.1 Å². The highest BCUT2D eigenvalue weighted by Crippen LogP contribution is 2.26. The zero-order valence-corrected chi connectivity index (χ0v) is 19.1. The largest absolute Gasteiger partial charge is 0.378 e. The SMILES string of the molecule is CN(C)c1ccc(Cc2ccc(N(C)C)cc2/C=C/c2ccccc2)c(I)c1. The van der Waals surface area contributed by atoms with E-state index < -0.39 is 0 Å². The fourth-order valence-corrected chi connectivity index (χ4v) is 3.78. The molecule has 3 heteroatoms. The molecule has 0 aromatic heterocycles. The molecule has 0 N–H and O–H groups in total. The Kier molecular flexibility index (Phi) is 6.79. The van der Waals surface area contributed by atoms with E-state index in [0.717, 1.165) is 6.42 Å². The van der Waals surface area contributed by atoms with Crippen molar-refractivity contribution in [2.45, 2.75) is 6.42 Å². The minimum Gasteiger partial charge on any atom is -0.378 e. The van der Waals surface area contributed by atoms with Gasteiger partial charge in [-0.1, -0.05) is 54.6 Å². The minimum absolute atomic E-state index is 0.925. The second-order valence-electron chi connectivity index (χ2n) is 7.37. The molecule has 0 saturated heterocycles. The van der Waals surface area contributed by atoms with Gasteiger partial charge >= 0.3 is 0 Å². The molecule has 144 valence electrons. The summed E-state index contributed by atoms with van der Waals surface area (Å²) in [5, 5.41) is 0. The van der Waals surface area contributed by atoms with Gasteiger partial charge in [-0.2, -0.15) is 0 Å². The lowest BCUT2D eigenvalue weighted by Crippen LogP contribution is -2.10. The molecule has 0 spiro atoms. The molecule has 0 aliphatic rings. The van der Waals surface area contributed by atoms with E-state index in [0.29, 0.717) is 0 Å². The number of benzene rings is 3. The summed E-state index contributed by atoms with van der Waals surface area (Å²) in [6.45, 7) is 0. The summed E-state index contributed by atoms with van der Waals surface area (Å²) < 4.78 is 1.30. The molecule has 0 saturated carbocycles. The van der Waals surface area contributed by atoms with E-state index in [-0.39, 0.29) is 0 Å². The first-order chi connectivity index (χ1) is 13.4. The average Bonchev–Trinajstić information content (AvgIpc) is 2.69. The van der Waals surface area contributed by atoms with E-state index >= 15 is 0 Å². The molecule has 0 radical (unpaired) electrons. The summed E-state index contributed by atoms with van der Waals surface area (Å²) in [5.74, 6) is 0. The molecule has 0 amide bonds. The van der Waals surface area contributed by atoms with Crippen LogP contribution in [0.5, 0.6) is 0 Å². The van der Waals surface area contributed by atoms with Crippen LogP contribution in [0.25, 0.3) is 12.2 Å². The number of halogens is 1. The van der Waals surface area contributed by atoms with Crippen LogP contribution in [0.3, 0.4) is 0 Å². The second kappa shape index (κ2) is 9.28. The second-order valence-corrected chi connectivity index (χ2v) is 8.53. The molecule has 2 nitrogen and oxygen atoms in total. The number of anilines is 2. The van der Waals surface area contributed by atoms with E-state index in [4.69, 9.17) is 0 Å². The van der Waals surface area contributed by atoms with Crippen LogP contribution in [-0.2, 0) is 6.42 Å². The van der Waals surface area contributed by atoms with Gasteiger partial charge in [0.1, 0.15) is 0 Å². The van der Waals surface area contributed by atoms with Gasteiger partial charge in [-0.05, 0) is 75.5 Å². The van der Waals surface area contributed by atoms with Crippen LogP contribution in [0, 0.1) is 3.57 Å². The van der Waals surface area contributed by atoms with Gasteiger partial charge in [-0.25, -0.2) is 0 Å². The Hall–Kier alpha value is -2.27. The van der Waals surface area contributed by atoms with Gasteiger partial charge in [-0.3, -0.25) is 0 Å². The predicted molar refractivity (Wildman–Crippen MR) is 132 cm³/mol. The van der Waals surface area contributed by atoms with Crippen molar-refractivity contribution in [3.63, 3.8) is 0 Å². The standard InChI is InChI=1S/C25H27IN2/c1-27(2)23-14-12-20(16-22-13-15-24(28(3)4)18-25(22)26)21(17-23)11-10-19-8-6-5-7-9-19/h5-15,17-18H,16H2,1-4H3/b11-10+. The number of nitrogens with zero attached hydrogens (tertiary/aromatic N) is 2. The zero-order valence-electron chi connectivity index (χ0n) is 17.0. The van der Waals surface area contributed by atoms with Crippen molar-refractivity contribution in [1.29, 1.82) is 0 Å². The van der Waals surface area contributed by atoms with Crippen molar-refractivity contribution in [1.82, 2.24) is 0 Å². The average molecular weight is 482 g/mol. The summed E-state index contributed by atoms with van der Waals surface area (Å²) in [6.07, 6.45) is 5.35. The smallest absolute Gasteiger partial charge is 0.0371 e. The van der Waals surface area contributed by atoms with Crippen molar-refractivity contribution in [2.75, 3.05) is 38.0 Å². The van der Waals surface area contributed by atoms with Gasteiger partial charge in [0.05, 0.1) is 0 Å². The van der Waals surface area contributed by atoms with Crippen LogP contribution in [0.2, 0.25) is 0 Å². The summed E-state index contributed by atoms with van der Waals surface area (Å²) >= 11 is 2.45. The molecule has 0 aliphatic carbocycles. The van der Waals surface area contributed by atoms with Crippen LogP contribution in [0.15, 0.2) is 66.7 Å². The summed E-state index contributed by atoms with van der Waals surface area (Å²) in [7, 11) is 8.33. The third-order valence-corrected chi connectivity index (χ3v) is 5.84. The highest BCUT2D eigenvalue weighted by Gasteiger charge is 2.08. The first kappa shape index (κ1) is 20.5. The molecule has 28 heavy (non-hydrogen) atoms. The van der Waals surface area contributed by atoms with Gasteiger partial charge in [0.2, 0.25) is 0 Å². The number of rotatable bonds is 6. The molecule has 3 aromatic carbocycles. The van der Waals surface area contributed by atoms with E-state index in [1.165, 1.54) is 37.2 Å². The van der Waals surface area contributed by atoms with Gasteiger partial charge in [0.25, 0.3) is 0 Å². The van der Waals surface area contributed by atoms with Gasteiger partial charge < -0.3 is 9.80 Å². The molecular weight excluding hydrogens is 455 g/mol. The first-order valence-electron chi connectivity index (χ1n) is 9.43. The van der Waals surface area contributed by atoms with E-state index in [9.17, 15) is 0 Å². The Balaban J connectivity index is 1.95. The first-order valence-corrected chi connectivity index (χ1v) is 10.5. The van der Waals surface area contributed by atoms with Crippen LogP contribution < -0.4 is 9.80 Å². The minimum atomic E-state index is 0.925. The molecule has 3 rings (SSSR count). The fourth-order valence-electron chi connectivity index (χ4n) is 3.09. The third-order valence-electron chi connectivity index (χ3n) is 4.83. The van der Waals surface area contributed by atoms with Crippen LogP contribution in [-0.4, -0.2) is 28.2 Å². The molecule has 0 unspecified atom stereocenters. The van der Waals surface area contributed by atoms with Gasteiger partial charge in [-0.15, -0.1) is 0 Å². The molecule has 0 heterocycles. The summed E-state index contributed by atoms with van der Waals surface area (Å²) in [4.78, 5) is 4.30. The van der Waals surface area contributed by atoms with Gasteiger partial charge in [0, 0.05) is 43.1 Å². The fraction of sp³-hybridized carbons (Fsp3) is 0.200. The Morgan fingerprint density at radius 1 is 0.714 bits per heavy atom. The summed E-state index contributed by atoms with van der Waals surface area (Å²) in [6, 6.07) is 23.9. The van der Waals surface area contributed by atoms with Crippen LogP contribution in [0.1, 0.15) is 22.3 Å². The lowest BCUT2D eigenvalue weighted by Gasteiger charge is -2.17. The Morgan fingerprint density at radius 3 is 1.93 bits per heavy atom. The Labute approximate surface area is 182 Å². The maximum absolute atomic E-state index is 2.45. The van der Waals surface area contributed by atoms with Crippen molar-refractivity contribution < 1.29 is 0 Å². The highest BCUT2D eigenvalue weighted by molar-refractivity contribution is 14.1. The normalized spacial score (nSPS) is 11.0. The monoisotopic (exact) mass is 482 g/mol. The van der Waals surface area contributed by atoms with Gasteiger partial charge in [0.15, 0.2) is 0 Å². The Bertz CT molecular complexity index is 960. The molecule has 0 aliphatic heterocycles.